The van der Waals surface area contributed by atoms with Gasteiger partial charge >= 0.3 is 0 Å². The highest BCUT2D eigenvalue weighted by atomic mass is 16.5. The van der Waals surface area contributed by atoms with Crippen LogP contribution in [0, 0.1) is 0 Å². The molecule has 0 spiro atoms. The van der Waals surface area contributed by atoms with E-state index in [2.05, 4.69) is 20.3 Å². The Balaban J connectivity index is 1.57. The van der Waals surface area contributed by atoms with Crippen LogP contribution in [0.3, 0.4) is 0 Å². The Bertz CT molecular complexity index is 777. The van der Waals surface area contributed by atoms with E-state index in [0.29, 0.717) is 12.2 Å². The molecular formula is C17H18N4O2. The van der Waals surface area contributed by atoms with Crippen LogP contribution in [0.15, 0.2) is 48.8 Å². The third-order valence-corrected chi connectivity index (χ3v) is 3.30. The van der Waals surface area contributed by atoms with E-state index in [0.717, 1.165) is 22.8 Å². The van der Waals surface area contributed by atoms with Crippen molar-refractivity contribution in [2.24, 2.45) is 0 Å². The van der Waals surface area contributed by atoms with Crippen molar-refractivity contribution in [3.8, 4) is 11.5 Å². The molecule has 0 radical (unpaired) electrons. The van der Waals surface area contributed by atoms with Crippen molar-refractivity contribution in [1.29, 1.82) is 0 Å². The number of aromatic nitrogens is 3. The zero-order valence-electron chi connectivity index (χ0n) is 13.1. The van der Waals surface area contributed by atoms with Gasteiger partial charge in [0.05, 0.1) is 13.7 Å². The second-order valence-electron chi connectivity index (χ2n) is 5.08. The molecular weight excluding hydrogens is 292 g/mol. The number of nitrogens with zero attached hydrogens (tertiary/aromatic N) is 3. The number of hydrogen-bond donors (Lipinski definition) is 1. The monoisotopic (exact) mass is 310 g/mol. The highest BCUT2D eigenvalue weighted by molar-refractivity contribution is 5.71. The van der Waals surface area contributed by atoms with Crippen molar-refractivity contribution in [1.82, 2.24) is 15.0 Å². The fraction of sp³-hybridized carbons (Fsp3) is 0.235. The van der Waals surface area contributed by atoms with Crippen molar-refractivity contribution >= 4 is 17.0 Å². The summed E-state index contributed by atoms with van der Waals surface area (Å²) < 4.78 is 11.0. The first-order valence-electron chi connectivity index (χ1n) is 7.37. The molecule has 6 nitrogen and oxygen atoms in total. The van der Waals surface area contributed by atoms with Gasteiger partial charge in [0.2, 0.25) is 0 Å². The largest absolute Gasteiger partial charge is 0.497 e. The molecule has 3 aromatic rings. The number of pyridine rings is 1. The fourth-order valence-corrected chi connectivity index (χ4v) is 2.13. The third kappa shape index (κ3) is 3.85. The van der Waals surface area contributed by atoms with E-state index in [1.54, 1.807) is 19.5 Å². The van der Waals surface area contributed by atoms with Gasteiger partial charge in [-0.15, -0.1) is 0 Å². The zero-order valence-corrected chi connectivity index (χ0v) is 13.1. The number of ether oxygens (including phenoxy) is 2. The summed E-state index contributed by atoms with van der Waals surface area (Å²) in [5.74, 6) is 2.37. The number of anilines is 1. The molecule has 0 aliphatic carbocycles. The van der Waals surface area contributed by atoms with Crippen LogP contribution in [0.25, 0.3) is 11.2 Å². The van der Waals surface area contributed by atoms with Crippen molar-refractivity contribution in [3.05, 3.63) is 48.8 Å². The number of benzene rings is 1. The van der Waals surface area contributed by atoms with Gasteiger partial charge in [-0.25, -0.2) is 9.97 Å². The van der Waals surface area contributed by atoms with Gasteiger partial charge in [-0.3, -0.25) is 4.98 Å². The highest BCUT2D eigenvalue weighted by Gasteiger charge is 2.06. The van der Waals surface area contributed by atoms with Gasteiger partial charge in [-0.1, -0.05) is 0 Å². The van der Waals surface area contributed by atoms with Gasteiger partial charge in [0, 0.05) is 12.4 Å². The molecule has 0 saturated carbocycles. The normalized spacial score (nSPS) is 11.9. The molecule has 23 heavy (non-hydrogen) atoms. The summed E-state index contributed by atoms with van der Waals surface area (Å²) in [6.45, 7) is 2.63. The van der Waals surface area contributed by atoms with E-state index >= 15 is 0 Å². The minimum atomic E-state index is -0.0113. The number of hydrogen-bond acceptors (Lipinski definition) is 6. The number of methoxy groups -OCH3 is 1. The van der Waals surface area contributed by atoms with E-state index in [1.165, 1.54) is 0 Å². The van der Waals surface area contributed by atoms with Gasteiger partial charge < -0.3 is 14.8 Å². The second-order valence-corrected chi connectivity index (χ2v) is 5.08. The molecule has 1 atom stereocenters. The lowest BCUT2D eigenvalue weighted by atomic mass is 10.3. The summed E-state index contributed by atoms with van der Waals surface area (Å²) in [5, 5.41) is 3.25. The first-order chi connectivity index (χ1) is 11.2. The van der Waals surface area contributed by atoms with Crippen LogP contribution in [0.2, 0.25) is 0 Å². The standard InChI is InChI=1S/C17H18N4O2/c1-12(23-14-5-3-13(22-2)4-6-14)11-20-16-8-7-15-17(21-16)19-10-9-18-15/h3-10,12H,11H2,1-2H3,(H,19,20,21). The molecule has 6 heteroatoms. The van der Waals surface area contributed by atoms with Crippen LogP contribution in [-0.2, 0) is 0 Å². The number of rotatable bonds is 6. The minimum Gasteiger partial charge on any atom is -0.497 e. The van der Waals surface area contributed by atoms with Crippen LogP contribution in [-0.4, -0.2) is 34.7 Å². The maximum Gasteiger partial charge on any atom is 0.180 e. The van der Waals surface area contributed by atoms with Crippen LogP contribution in [0.5, 0.6) is 11.5 Å². The summed E-state index contributed by atoms with van der Waals surface area (Å²) in [4.78, 5) is 12.8. The molecule has 2 aromatic heterocycles. The second kappa shape index (κ2) is 6.91. The van der Waals surface area contributed by atoms with E-state index < -0.39 is 0 Å². The van der Waals surface area contributed by atoms with Crippen molar-refractivity contribution < 1.29 is 9.47 Å². The molecule has 1 N–H and O–H groups in total. The van der Waals surface area contributed by atoms with Crippen LogP contribution >= 0.6 is 0 Å². The Morgan fingerprint density at radius 3 is 2.52 bits per heavy atom. The summed E-state index contributed by atoms with van der Waals surface area (Å²) in [6, 6.07) is 11.3. The molecule has 2 heterocycles. The molecule has 0 fully saturated rings. The Labute approximate surface area is 134 Å². The van der Waals surface area contributed by atoms with Gasteiger partial charge in [0.1, 0.15) is 28.9 Å². The van der Waals surface area contributed by atoms with Crippen molar-refractivity contribution in [3.63, 3.8) is 0 Å². The fourth-order valence-electron chi connectivity index (χ4n) is 2.13. The summed E-state index contributed by atoms with van der Waals surface area (Å²) in [5.41, 5.74) is 1.40. The molecule has 0 amide bonds. The van der Waals surface area contributed by atoms with Crippen molar-refractivity contribution in [2.45, 2.75) is 13.0 Å². The van der Waals surface area contributed by atoms with Crippen molar-refractivity contribution in [2.75, 3.05) is 19.0 Å². The van der Waals surface area contributed by atoms with Crippen LogP contribution in [0.1, 0.15) is 6.92 Å². The third-order valence-electron chi connectivity index (χ3n) is 3.30. The summed E-state index contributed by atoms with van der Waals surface area (Å²) in [7, 11) is 1.64. The number of nitrogens with one attached hydrogen (secondary N) is 1. The Morgan fingerprint density at radius 2 is 1.74 bits per heavy atom. The average molecular weight is 310 g/mol. The Kier molecular flexibility index (Phi) is 4.52. The average Bonchev–Trinajstić information content (AvgIpc) is 2.60. The summed E-state index contributed by atoms with van der Waals surface area (Å²) >= 11 is 0. The van der Waals surface area contributed by atoms with Crippen LogP contribution < -0.4 is 14.8 Å². The maximum atomic E-state index is 5.85. The quantitative estimate of drug-likeness (QED) is 0.755. The van der Waals surface area contributed by atoms with E-state index in [1.807, 2.05) is 43.3 Å². The molecule has 3 rings (SSSR count). The maximum absolute atomic E-state index is 5.85. The molecule has 0 saturated heterocycles. The Hall–Kier alpha value is -2.89. The molecule has 1 unspecified atom stereocenters. The van der Waals surface area contributed by atoms with E-state index in [-0.39, 0.29) is 6.10 Å². The SMILES string of the molecule is COc1ccc(OC(C)CNc2ccc3nccnc3n2)cc1. The lowest BCUT2D eigenvalue weighted by Crippen LogP contribution is -2.23. The lowest BCUT2D eigenvalue weighted by Gasteiger charge is -2.16. The first-order valence-corrected chi connectivity index (χ1v) is 7.37. The Morgan fingerprint density at radius 1 is 1.00 bits per heavy atom. The van der Waals surface area contributed by atoms with Gasteiger partial charge in [-0.05, 0) is 43.3 Å². The predicted molar refractivity (Wildman–Crippen MR) is 88.9 cm³/mol. The predicted octanol–water partition coefficient (Wildman–Crippen LogP) is 2.91. The van der Waals surface area contributed by atoms with Gasteiger partial charge in [0.15, 0.2) is 5.65 Å². The van der Waals surface area contributed by atoms with E-state index in [9.17, 15) is 0 Å². The van der Waals surface area contributed by atoms with E-state index in [4.69, 9.17) is 9.47 Å². The van der Waals surface area contributed by atoms with Gasteiger partial charge in [0.25, 0.3) is 0 Å². The molecule has 1 aromatic carbocycles. The first kappa shape index (κ1) is 15.0. The van der Waals surface area contributed by atoms with Crippen LogP contribution in [0.4, 0.5) is 5.82 Å². The topological polar surface area (TPSA) is 69.2 Å². The van der Waals surface area contributed by atoms with Gasteiger partial charge in [-0.2, -0.15) is 0 Å². The zero-order chi connectivity index (χ0) is 16.1. The molecule has 0 aliphatic heterocycles. The summed E-state index contributed by atoms with van der Waals surface area (Å²) in [6.07, 6.45) is 3.28. The lowest BCUT2D eigenvalue weighted by molar-refractivity contribution is 0.234. The minimum absolute atomic E-state index is 0.0113. The molecule has 0 aliphatic rings. The number of fused-ring (bicyclic) bond motifs is 1. The molecule has 0 bridgehead atoms. The highest BCUT2D eigenvalue weighted by Crippen LogP contribution is 2.18. The smallest absolute Gasteiger partial charge is 0.180 e. The molecule has 118 valence electrons.